The number of rotatable bonds is 18. The van der Waals surface area contributed by atoms with Gasteiger partial charge in [0.2, 0.25) is 0 Å². The Morgan fingerprint density at radius 2 is 0.217 bits per heavy atom. The molecule has 0 saturated heterocycles. The van der Waals surface area contributed by atoms with E-state index < -0.39 is 50.7 Å². The summed E-state index contributed by atoms with van der Waals surface area (Å²) in [4.78, 5) is 0. The van der Waals surface area contributed by atoms with E-state index in [2.05, 4.69) is 390 Å². The third-order valence-corrected chi connectivity index (χ3v) is 134. The monoisotopic (exact) mass is 1180 g/mol. The lowest BCUT2D eigenvalue weighted by atomic mass is 10.4. The standard InChI is InChI=1S/C76H72Si7/c1-77(2,65-41-17-5-18-42-65)79(67-45-21-7-22-46-67,68-47-23-8-24-48-68)81(71-53-29-11-30-54-71,72-55-31-12-32-56-72)83(75-61-37-15-38-62-75,76-63-39-16-40-64-76)82(73-57-33-13-34-58-73,74-59-35-14-36-60-74)80(69-49-25-9-26-50-69,70-51-27-10-28-52-70)78(3,4)66-43-19-6-20-44-66/h5-64H,1-4H3. The first kappa shape index (κ1) is 55.7. The molecule has 0 aliphatic rings. The zero-order chi connectivity index (χ0) is 56.9. The third-order valence-electron chi connectivity index (χ3n) is 19.2. The summed E-state index contributed by atoms with van der Waals surface area (Å²) in [6.07, 6.45) is 0. The quantitative estimate of drug-likeness (QED) is 0.0752. The van der Waals surface area contributed by atoms with Gasteiger partial charge in [-0.25, -0.2) is 0 Å². The van der Waals surface area contributed by atoms with Crippen LogP contribution in [0, 0.1) is 0 Å². The summed E-state index contributed by atoms with van der Waals surface area (Å²) >= 11 is 0. The first-order chi connectivity index (χ1) is 40.8. The van der Waals surface area contributed by atoms with Crippen LogP contribution in [0.25, 0.3) is 0 Å². The molecule has 0 spiro atoms. The molecule has 7 heteroatoms. The maximum absolute atomic E-state index is 4.09. The van der Waals surface area contributed by atoms with Crippen molar-refractivity contribution in [2.45, 2.75) is 26.2 Å². The summed E-state index contributed by atoms with van der Waals surface area (Å²) in [5.74, 6) is 0. The van der Waals surface area contributed by atoms with E-state index in [0.29, 0.717) is 0 Å². The van der Waals surface area contributed by atoms with Gasteiger partial charge in [0.15, 0.2) is 0 Å². The van der Waals surface area contributed by atoms with Crippen molar-refractivity contribution in [3.8, 4) is 0 Å². The molecule has 0 fully saturated rings. The summed E-state index contributed by atoms with van der Waals surface area (Å²) in [5, 5.41) is 18.4. The van der Waals surface area contributed by atoms with Crippen LogP contribution in [0.4, 0.5) is 0 Å². The van der Waals surface area contributed by atoms with Gasteiger partial charge in [0.25, 0.3) is 0 Å². The average molecular weight is 1180 g/mol. The summed E-state index contributed by atoms with van der Waals surface area (Å²) < 4.78 is 0. The van der Waals surface area contributed by atoms with E-state index >= 15 is 0 Å². The summed E-state index contributed by atoms with van der Waals surface area (Å²) in [7, 11) is -25.5. The van der Waals surface area contributed by atoms with Crippen LogP contribution in [0.3, 0.4) is 0 Å². The minimum absolute atomic E-state index is 1.51. The molecule has 12 aromatic carbocycles. The average Bonchev–Trinajstić information content (AvgIpc) is 1.09. The van der Waals surface area contributed by atoms with Crippen molar-refractivity contribution in [2.24, 2.45) is 0 Å². The van der Waals surface area contributed by atoms with Gasteiger partial charge < -0.3 is 0 Å². The summed E-state index contributed by atoms with van der Waals surface area (Å²) in [5.41, 5.74) is 0. The zero-order valence-electron chi connectivity index (χ0n) is 48.1. The lowest BCUT2D eigenvalue weighted by Gasteiger charge is -2.71. The van der Waals surface area contributed by atoms with E-state index in [1.54, 1.807) is 0 Å². The van der Waals surface area contributed by atoms with E-state index in [4.69, 9.17) is 0 Å². The molecule has 0 aromatic heterocycles. The fourth-order valence-electron chi connectivity index (χ4n) is 16.5. The molecule has 0 unspecified atom stereocenters. The Kier molecular flexibility index (Phi) is 15.7. The Morgan fingerprint density at radius 1 is 0.120 bits per heavy atom. The minimum Gasteiger partial charge on any atom is -0.0670 e. The molecule has 0 radical (unpaired) electrons. The van der Waals surface area contributed by atoms with Crippen LogP contribution in [0.5, 0.6) is 0 Å². The summed E-state index contributed by atoms with van der Waals surface area (Å²) in [6, 6.07) is 149. The second-order valence-corrected chi connectivity index (χ2v) is 81.8. The van der Waals surface area contributed by atoms with E-state index in [0.717, 1.165) is 0 Å². The molecule has 0 N–H and O–H groups in total. The Balaban J connectivity index is 1.58. The van der Waals surface area contributed by atoms with Gasteiger partial charge in [-0.2, -0.15) is 0 Å². The van der Waals surface area contributed by atoms with E-state index in [-0.39, 0.29) is 0 Å². The Bertz CT molecular complexity index is 3550. The third kappa shape index (κ3) is 8.42. The SMILES string of the molecule is C[Si](C)(c1ccccc1)[Si](c1ccccc1)(c1ccccc1)[Si](c1ccccc1)(c1ccccc1)[Si](c1ccccc1)(c1ccccc1)[Si](c1ccccc1)(c1ccccc1)[Si](c1ccccc1)(c1ccccc1)[Si](C)(C)c1ccccc1. The Morgan fingerprint density at radius 3 is 0.349 bits per heavy atom. The molecule has 0 amide bonds. The van der Waals surface area contributed by atoms with Gasteiger partial charge in [-0.15, -0.1) is 0 Å². The van der Waals surface area contributed by atoms with Gasteiger partial charge in [0.1, 0.15) is 35.5 Å². The van der Waals surface area contributed by atoms with Gasteiger partial charge in [0.05, 0.1) is 15.2 Å². The molecule has 0 bridgehead atoms. The molecule has 0 atom stereocenters. The highest BCUT2D eigenvalue weighted by Gasteiger charge is 2.86. The van der Waals surface area contributed by atoms with Crippen LogP contribution in [-0.4, -0.2) is 50.7 Å². The topological polar surface area (TPSA) is 0 Å². The number of hydrogen-bond acceptors (Lipinski definition) is 0. The highest BCUT2D eigenvalue weighted by molar-refractivity contribution is 8.15. The van der Waals surface area contributed by atoms with Crippen molar-refractivity contribution in [3.63, 3.8) is 0 Å². The van der Waals surface area contributed by atoms with Gasteiger partial charge >= 0.3 is 0 Å². The first-order valence-corrected chi connectivity index (χ1v) is 51.4. The number of benzene rings is 12. The smallest absolute Gasteiger partial charge is 0.0670 e. The molecule has 0 aliphatic carbocycles. The highest BCUT2D eigenvalue weighted by atomic mass is 30.1. The van der Waals surface area contributed by atoms with Crippen molar-refractivity contribution < 1.29 is 0 Å². The van der Waals surface area contributed by atoms with Crippen LogP contribution >= 0.6 is 0 Å². The van der Waals surface area contributed by atoms with E-state index in [1.807, 2.05) is 0 Å². The van der Waals surface area contributed by atoms with Gasteiger partial charge in [0, 0.05) is 0 Å². The predicted molar refractivity (Wildman–Crippen MR) is 377 cm³/mol. The van der Waals surface area contributed by atoms with Crippen LogP contribution in [0.15, 0.2) is 364 Å². The van der Waals surface area contributed by atoms with Crippen LogP contribution in [-0.2, 0) is 0 Å². The maximum atomic E-state index is 2.84. The fraction of sp³-hybridized carbons (Fsp3) is 0.0526. The predicted octanol–water partition coefficient (Wildman–Crippen LogP) is 10.0. The molecular weight excluding hydrogens is 1110 g/mol. The minimum atomic E-state index is -4.09. The normalized spacial score (nSPS) is 12.6. The molecule has 12 aromatic rings. The lowest BCUT2D eigenvalue weighted by Crippen LogP contribution is -3.15. The highest BCUT2D eigenvalue weighted by Crippen LogP contribution is 2.45. The molecule has 0 nitrogen and oxygen atoms in total. The van der Waals surface area contributed by atoms with E-state index in [1.165, 1.54) is 62.2 Å². The molecule has 12 rings (SSSR count). The lowest BCUT2D eigenvalue weighted by molar-refractivity contribution is 1.67. The largest absolute Gasteiger partial charge is 0.121 e. The van der Waals surface area contributed by atoms with E-state index in [9.17, 15) is 0 Å². The van der Waals surface area contributed by atoms with Crippen molar-refractivity contribution in [1.82, 2.24) is 0 Å². The second kappa shape index (κ2) is 23.4. The fourth-order valence-corrected chi connectivity index (χ4v) is 208. The first-order valence-electron chi connectivity index (χ1n) is 29.4. The molecule has 83 heavy (non-hydrogen) atoms. The summed E-state index contributed by atoms with van der Waals surface area (Å²) in [6.45, 7) is 11.4. The molecular formula is C76H72Si7. The van der Waals surface area contributed by atoms with Gasteiger partial charge in [-0.3, -0.25) is 0 Å². The van der Waals surface area contributed by atoms with Gasteiger partial charge in [-0.1, -0.05) is 452 Å². The molecule has 0 aliphatic heterocycles. The van der Waals surface area contributed by atoms with Crippen molar-refractivity contribution in [1.29, 1.82) is 0 Å². The Hall–Kier alpha value is -7.84. The van der Waals surface area contributed by atoms with Crippen molar-refractivity contribution in [3.05, 3.63) is 364 Å². The van der Waals surface area contributed by atoms with Crippen molar-refractivity contribution in [2.75, 3.05) is 0 Å². The van der Waals surface area contributed by atoms with Crippen molar-refractivity contribution >= 4 is 113 Å². The number of hydrogen-bond donors (Lipinski definition) is 0. The Labute approximate surface area is 499 Å². The van der Waals surface area contributed by atoms with Crippen LogP contribution in [0.1, 0.15) is 0 Å². The molecule has 0 saturated carbocycles. The molecule has 404 valence electrons. The zero-order valence-corrected chi connectivity index (χ0v) is 55.1. The van der Waals surface area contributed by atoms with Crippen LogP contribution < -0.4 is 62.2 Å². The molecule has 0 heterocycles. The van der Waals surface area contributed by atoms with Crippen LogP contribution in [0.2, 0.25) is 26.2 Å². The van der Waals surface area contributed by atoms with Gasteiger partial charge in [-0.05, 0) is 0 Å². The second-order valence-electron chi connectivity index (χ2n) is 23.4. The maximum Gasteiger partial charge on any atom is 0.121 e.